The maximum Gasteiger partial charge on any atom is 0.277 e. The number of nitrogens with one attached hydrogen (secondary N) is 4. The lowest BCUT2D eigenvalue weighted by atomic mass is 10.1. The predicted molar refractivity (Wildman–Crippen MR) is 205 cm³/mol. The third kappa shape index (κ3) is 11.3. The predicted octanol–water partition coefficient (Wildman–Crippen LogP) is 8.55. The Hall–Kier alpha value is -2.98. The van der Waals surface area contributed by atoms with Crippen molar-refractivity contribution in [2.75, 3.05) is 23.8 Å². The Labute approximate surface area is 332 Å². The molecule has 1 aliphatic carbocycles. The van der Waals surface area contributed by atoms with Gasteiger partial charge in [0.2, 0.25) is 0 Å². The zero-order chi connectivity index (χ0) is 38.4. The molecule has 1 saturated carbocycles. The van der Waals surface area contributed by atoms with Crippen molar-refractivity contribution in [2.24, 2.45) is 0 Å². The maximum atomic E-state index is 14.1. The molecule has 0 heterocycles. The number of halogens is 8. The van der Waals surface area contributed by atoms with Gasteiger partial charge in [0, 0.05) is 7.14 Å². The minimum absolute atomic E-state index is 0.00918. The molecule has 0 radical (unpaired) electrons. The lowest BCUT2D eigenvalue weighted by molar-refractivity contribution is -0.0956. The number of carbonyl (C=O) groups is 2. The second kappa shape index (κ2) is 17.9. The molecule has 1 fully saturated rings. The summed E-state index contributed by atoms with van der Waals surface area (Å²) < 4.78 is 57.2. The van der Waals surface area contributed by atoms with Crippen LogP contribution in [0.2, 0.25) is 10.0 Å². The first-order valence-electron chi connectivity index (χ1n) is 15.1. The molecule has 1 aliphatic rings. The molecule has 0 aliphatic heterocycles. The number of hydrogen-bond donors (Lipinski definition) is 6. The summed E-state index contributed by atoms with van der Waals surface area (Å²) in [7, 11) is 0. The monoisotopic (exact) mass is 990 g/mol. The summed E-state index contributed by atoms with van der Waals surface area (Å²) in [5.41, 5.74) is 2.73. The Bertz CT molecular complexity index is 1850. The lowest BCUT2D eigenvalue weighted by Crippen LogP contribution is -2.38. The van der Waals surface area contributed by atoms with Gasteiger partial charge in [-0.25, -0.2) is 28.5 Å². The maximum absolute atomic E-state index is 14.1. The van der Waals surface area contributed by atoms with Gasteiger partial charge in [-0.15, -0.1) is 0 Å². The first-order valence-corrected chi connectivity index (χ1v) is 18.0. The highest BCUT2D eigenvalue weighted by Crippen LogP contribution is 2.38. The SMILES string of the molecule is CC(C)(CO)ONC(=O)c1cc(Cl)c(F)cc1Nc1ccc(I)cc1F.O=C(NOC1(CO)CC1)c1cc(Cl)c(F)cc1Nc1ccc(I)cc1F. The van der Waals surface area contributed by atoms with Gasteiger partial charge in [-0.3, -0.25) is 19.3 Å². The number of carbonyl (C=O) groups excluding carboxylic acids is 2. The van der Waals surface area contributed by atoms with Crippen LogP contribution >= 0.6 is 68.4 Å². The summed E-state index contributed by atoms with van der Waals surface area (Å²) in [6.07, 6.45) is 1.24. The molecule has 5 rings (SSSR count). The van der Waals surface area contributed by atoms with Crippen molar-refractivity contribution in [1.82, 2.24) is 11.0 Å². The van der Waals surface area contributed by atoms with Crippen LogP contribution < -0.4 is 21.6 Å². The summed E-state index contributed by atoms with van der Waals surface area (Å²) in [6.45, 7) is 2.56. The van der Waals surface area contributed by atoms with Crippen LogP contribution in [0.3, 0.4) is 0 Å². The fourth-order valence-corrected chi connectivity index (χ4v) is 5.30. The highest BCUT2D eigenvalue weighted by molar-refractivity contribution is 14.1. The van der Waals surface area contributed by atoms with Crippen LogP contribution in [0.5, 0.6) is 0 Å². The molecule has 10 nitrogen and oxygen atoms in total. The van der Waals surface area contributed by atoms with Gasteiger partial charge >= 0.3 is 0 Å². The fourth-order valence-electron chi connectivity index (χ4n) is 4.06. The van der Waals surface area contributed by atoms with Gasteiger partial charge in [-0.05, 0) is 133 Å². The van der Waals surface area contributed by atoms with Crippen molar-refractivity contribution in [3.8, 4) is 0 Å². The summed E-state index contributed by atoms with van der Waals surface area (Å²) >= 11 is 15.5. The van der Waals surface area contributed by atoms with Crippen LogP contribution in [0.1, 0.15) is 47.4 Å². The molecule has 0 spiro atoms. The molecule has 4 aromatic carbocycles. The second-order valence-electron chi connectivity index (χ2n) is 11.9. The first kappa shape index (κ1) is 41.8. The Balaban J connectivity index is 0.000000233. The smallest absolute Gasteiger partial charge is 0.277 e. The standard InChI is InChI=1S/C17H14ClF2IN2O3.C17H16ClF2IN2O3/c18-11-6-10(16(25)23-26-17(8-24)3-4-17)15(7-12(11)19)22-14-2-1-9(21)5-13(14)20;1-17(2,8-24)26-23-16(25)10-6-11(18)12(19)7-15(10)22-14-4-3-9(21)5-13(14)20/h1-2,5-7,22,24H,3-4,8H2,(H,23,25);3-7,22,24H,8H2,1-2H3,(H,23,25). The summed E-state index contributed by atoms with van der Waals surface area (Å²) in [5.74, 6) is -4.06. The van der Waals surface area contributed by atoms with Crippen molar-refractivity contribution < 1.29 is 47.0 Å². The van der Waals surface area contributed by atoms with E-state index in [1.54, 1.807) is 26.0 Å². The van der Waals surface area contributed by atoms with Crippen LogP contribution in [0.4, 0.5) is 40.3 Å². The van der Waals surface area contributed by atoms with Gasteiger partial charge in [0.15, 0.2) is 0 Å². The quantitative estimate of drug-likeness (QED) is 0.0472. The molecular formula is C34H30Cl2F4I2N4O6. The minimum atomic E-state index is -1.02. The van der Waals surface area contributed by atoms with E-state index in [4.69, 9.17) is 38.0 Å². The Morgan fingerprint density at radius 3 is 1.56 bits per heavy atom. The zero-order valence-corrected chi connectivity index (χ0v) is 33.0. The molecule has 0 saturated heterocycles. The van der Waals surface area contributed by atoms with Gasteiger partial charge in [0.25, 0.3) is 11.8 Å². The van der Waals surface area contributed by atoms with Crippen LogP contribution in [0, 0.1) is 30.4 Å². The molecule has 18 heteroatoms. The van der Waals surface area contributed by atoms with Gasteiger partial charge < -0.3 is 20.8 Å². The summed E-state index contributed by atoms with van der Waals surface area (Å²) in [6, 6.07) is 13.1. The Morgan fingerprint density at radius 1 is 0.731 bits per heavy atom. The van der Waals surface area contributed by atoms with Gasteiger partial charge in [-0.2, -0.15) is 0 Å². The van der Waals surface area contributed by atoms with E-state index in [1.807, 2.05) is 45.2 Å². The van der Waals surface area contributed by atoms with Crippen LogP contribution in [0.15, 0.2) is 60.7 Å². The largest absolute Gasteiger partial charge is 0.393 e. The highest BCUT2D eigenvalue weighted by Gasteiger charge is 2.45. The first-order chi connectivity index (χ1) is 24.5. The lowest BCUT2D eigenvalue weighted by Gasteiger charge is -2.22. The van der Waals surface area contributed by atoms with E-state index >= 15 is 0 Å². The third-order valence-corrected chi connectivity index (χ3v) is 9.19. The molecule has 52 heavy (non-hydrogen) atoms. The molecule has 0 aromatic heterocycles. The highest BCUT2D eigenvalue weighted by atomic mass is 127. The average Bonchev–Trinajstić information content (AvgIpc) is 3.89. The molecule has 0 bridgehead atoms. The average molecular weight is 991 g/mol. The van der Waals surface area contributed by atoms with E-state index in [9.17, 15) is 32.3 Å². The van der Waals surface area contributed by atoms with E-state index in [0.29, 0.717) is 20.0 Å². The summed E-state index contributed by atoms with van der Waals surface area (Å²) in [4.78, 5) is 35.2. The summed E-state index contributed by atoms with van der Waals surface area (Å²) in [5, 5.41) is 23.2. The number of aliphatic hydroxyl groups excluding tert-OH is 2. The molecule has 0 unspecified atom stereocenters. The van der Waals surface area contributed by atoms with Crippen molar-refractivity contribution in [3.05, 3.63) is 112 Å². The number of anilines is 4. The zero-order valence-electron chi connectivity index (χ0n) is 27.2. The molecule has 6 N–H and O–H groups in total. The fraction of sp³-hybridized carbons (Fsp3) is 0.235. The molecule has 0 atom stereocenters. The van der Waals surface area contributed by atoms with Crippen molar-refractivity contribution >= 4 is 103 Å². The van der Waals surface area contributed by atoms with Crippen LogP contribution in [-0.4, -0.2) is 46.4 Å². The van der Waals surface area contributed by atoms with Crippen molar-refractivity contribution in [1.29, 1.82) is 0 Å². The van der Waals surface area contributed by atoms with Crippen LogP contribution in [-0.2, 0) is 9.68 Å². The number of benzene rings is 4. The van der Waals surface area contributed by atoms with E-state index < -0.39 is 46.3 Å². The van der Waals surface area contributed by atoms with Crippen LogP contribution in [0.25, 0.3) is 0 Å². The normalized spacial score (nSPS) is 13.1. The Kier molecular flexibility index (Phi) is 14.4. The third-order valence-electron chi connectivity index (χ3n) is 7.27. The van der Waals surface area contributed by atoms with Gasteiger partial charge in [0.05, 0.1) is 57.1 Å². The van der Waals surface area contributed by atoms with E-state index in [0.717, 1.165) is 24.3 Å². The number of rotatable bonds is 12. The van der Waals surface area contributed by atoms with Gasteiger partial charge in [-0.1, -0.05) is 23.2 Å². The molecule has 278 valence electrons. The minimum Gasteiger partial charge on any atom is -0.393 e. The van der Waals surface area contributed by atoms with E-state index in [2.05, 4.69) is 21.6 Å². The molecular weight excluding hydrogens is 961 g/mol. The van der Waals surface area contributed by atoms with E-state index in [-0.39, 0.29) is 57.1 Å². The number of hydroxylamine groups is 2. The Morgan fingerprint density at radius 2 is 1.17 bits per heavy atom. The number of hydrogen-bond acceptors (Lipinski definition) is 8. The number of amides is 2. The molecule has 4 aromatic rings. The second-order valence-corrected chi connectivity index (χ2v) is 15.3. The number of aliphatic hydroxyl groups is 2. The van der Waals surface area contributed by atoms with Gasteiger partial charge in [0.1, 0.15) is 34.5 Å². The van der Waals surface area contributed by atoms with Crippen molar-refractivity contribution in [3.63, 3.8) is 0 Å². The molecule has 2 amide bonds. The van der Waals surface area contributed by atoms with Crippen molar-refractivity contribution in [2.45, 2.75) is 37.9 Å². The van der Waals surface area contributed by atoms with E-state index in [1.165, 1.54) is 24.3 Å². The topological polar surface area (TPSA) is 141 Å².